The van der Waals surface area contributed by atoms with Crippen molar-refractivity contribution in [3.05, 3.63) is 12.4 Å². The first-order valence-electron chi connectivity index (χ1n) is 7.68. The topological polar surface area (TPSA) is 63.1 Å². The molecule has 1 N–H and O–H groups in total. The summed E-state index contributed by atoms with van der Waals surface area (Å²) in [5.74, 6) is 0.592. The van der Waals surface area contributed by atoms with Crippen LogP contribution in [0.15, 0.2) is 12.4 Å². The van der Waals surface area contributed by atoms with E-state index in [0.29, 0.717) is 12.0 Å². The molecule has 1 amide bonds. The first kappa shape index (κ1) is 13.5. The van der Waals surface area contributed by atoms with Crippen molar-refractivity contribution in [1.82, 2.24) is 25.2 Å². The third-order valence-electron chi connectivity index (χ3n) is 4.49. The van der Waals surface area contributed by atoms with Crippen LogP contribution >= 0.6 is 0 Å². The Morgan fingerprint density at radius 2 is 1.80 bits per heavy atom. The summed E-state index contributed by atoms with van der Waals surface area (Å²) in [4.78, 5) is 16.1. The molecule has 1 aromatic rings. The van der Waals surface area contributed by atoms with Gasteiger partial charge in [0.05, 0.1) is 18.9 Å². The monoisotopic (exact) mass is 277 g/mol. The van der Waals surface area contributed by atoms with Gasteiger partial charge in [-0.15, -0.1) is 0 Å². The van der Waals surface area contributed by atoms with E-state index in [2.05, 4.69) is 20.4 Å². The highest BCUT2D eigenvalue weighted by molar-refractivity contribution is 5.79. The highest BCUT2D eigenvalue weighted by Gasteiger charge is 2.28. The number of carbonyl (C=O) groups excluding carboxylic acids is 1. The number of aromatic nitrogens is 3. The van der Waals surface area contributed by atoms with E-state index in [1.54, 1.807) is 17.2 Å². The Kier molecular flexibility index (Phi) is 4.30. The summed E-state index contributed by atoms with van der Waals surface area (Å²) in [6.07, 6.45) is 8.93. The lowest BCUT2D eigenvalue weighted by molar-refractivity contribution is -0.128. The number of hydrogen-bond donors (Lipinski definition) is 1. The van der Waals surface area contributed by atoms with E-state index in [-0.39, 0.29) is 5.91 Å². The number of nitrogens with zero attached hydrogens (tertiary/aromatic N) is 4. The second-order valence-electron chi connectivity index (χ2n) is 5.88. The summed E-state index contributed by atoms with van der Waals surface area (Å²) < 4.78 is 0. The van der Waals surface area contributed by atoms with Gasteiger partial charge in [0, 0.05) is 31.6 Å². The Morgan fingerprint density at radius 3 is 2.40 bits per heavy atom. The molecule has 0 aromatic carbocycles. The lowest BCUT2D eigenvalue weighted by Gasteiger charge is -2.34. The van der Waals surface area contributed by atoms with Crippen LogP contribution in [0.1, 0.15) is 32.1 Å². The molecule has 6 heteroatoms. The zero-order chi connectivity index (χ0) is 13.8. The van der Waals surface area contributed by atoms with Crippen LogP contribution in [0.3, 0.4) is 0 Å². The van der Waals surface area contributed by atoms with Gasteiger partial charge in [0.2, 0.25) is 5.91 Å². The Balaban J connectivity index is 1.35. The van der Waals surface area contributed by atoms with E-state index in [9.17, 15) is 4.79 Å². The predicted molar refractivity (Wildman–Crippen MR) is 75.0 cm³/mol. The van der Waals surface area contributed by atoms with Gasteiger partial charge in [-0.05, 0) is 25.7 Å². The molecule has 110 valence electrons. The first-order chi connectivity index (χ1) is 9.81. The number of piperidine rings is 1. The molecule has 2 fully saturated rings. The van der Waals surface area contributed by atoms with Crippen molar-refractivity contribution in [2.75, 3.05) is 19.6 Å². The molecule has 2 aliphatic rings. The van der Waals surface area contributed by atoms with Crippen LogP contribution in [0.5, 0.6) is 0 Å². The van der Waals surface area contributed by atoms with Crippen molar-refractivity contribution in [2.45, 2.75) is 44.7 Å². The molecule has 0 spiro atoms. The molecule has 3 rings (SSSR count). The van der Waals surface area contributed by atoms with Gasteiger partial charge in [-0.25, -0.2) is 0 Å². The number of hydrogen-bond acceptors (Lipinski definition) is 4. The average molecular weight is 277 g/mol. The number of nitrogens with one attached hydrogen (secondary N) is 1. The maximum atomic E-state index is 11.9. The summed E-state index contributed by atoms with van der Waals surface area (Å²) >= 11 is 0. The first-order valence-corrected chi connectivity index (χ1v) is 7.68. The van der Waals surface area contributed by atoms with Gasteiger partial charge < -0.3 is 10.2 Å². The van der Waals surface area contributed by atoms with Gasteiger partial charge in [-0.1, -0.05) is 6.42 Å². The van der Waals surface area contributed by atoms with Crippen LogP contribution in [0.2, 0.25) is 0 Å². The number of rotatable bonds is 5. The van der Waals surface area contributed by atoms with Crippen molar-refractivity contribution in [2.24, 2.45) is 5.92 Å². The fourth-order valence-electron chi connectivity index (χ4n) is 2.88. The maximum absolute atomic E-state index is 11.9. The summed E-state index contributed by atoms with van der Waals surface area (Å²) in [5, 5.41) is 11.4. The number of carbonyl (C=O) groups is 1. The summed E-state index contributed by atoms with van der Waals surface area (Å²) in [6.45, 7) is 3.93. The van der Waals surface area contributed by atoms with Crippen LogP contribution in [0.4, 0.5) is 0 Å². The van der Waals surface area contributed by atoms with Crippen molar-refractivity contribution in [3.63, 3.8) is 0 Å². The van der Waals surface area contributed by atoms with Gasteiger partial charge in [0.1, 0.15) is 0 Å². The molecule has 6 nitrogen and oxygen atoms in total. The average Bonchev–Trinajstić information content (AvgIpc) is 2.89. The van der Waals surface area contributed by atoms with Gasteiger partial charge in [0.15, 0.2) is 0 Å². The third-order valence-corrected chi connectivity index (χ3v) is 4.49. The Hall–Kier alpha value is -1.43. The summed E-state index contributed by atoms with van der Waals surface area (Å²) in [5.41, 5.74) is 0. The zero-order valence-electron chi connectivity index (χ0n) is 11.9. The van der Waals surface area contributed by atoms with E-state index in [1.165, 1.54) is 6.42 Å². The molecular weight excluding hydrogens is 254 g/mol. The molecule has 1 aliphatic carbocycles. The van der Waals surface area contributed by atoms with Crippen LogP contribution in [-0.4, -0.2) is 51.5 Å². The van der Waals surface area contributed by atoms with E-state index in [1.807, 2.05) is 0 Å². The highest BCUT2D eigenvalue weighted by atomic mass is 16.2. The highest BCUT2D eigenvalue weighted by Crippen LogP contribution is 2.26. The Labute approximate surface area is 119 Å². The van der Waals surface area contributed by atoms with Gasteiger partial charge in [-0.2, -0.15) is 15.0 Å². The van der Waals surface area contributed by atoms with Crippen LogP contribution in [0, 0.1) is 5.92 Å². The predicted octanol–water partition coefficient (Wildman–Crippen LogP) is 0.659. The van der Waals surface area contributed by atoms with E-state index >= 15 is 0 Å². The molecule has 1 aliphatic heterocycles. The molecule has 20 heavy (non-hydrogen) atoms. The maximum Gasteiger partial charge on any atom is 0.223 e. The molecule has 2 heterocycles. The minimum absolute atomic E-state index is 0.287. The fraction of sp³-hybridized carbons (Fsp3) is 0.786. The second-order valence-corrected chi connectivity index (χ2v) is 5.88. The second kappa shape index (κ2) is 6.35. The molecule has 1 saturated heterocycles. The zero-order valence-corrected chi connectivity index (χ0v) is 11.9. The SMILES string of the molecule is O=C(NC1CCN(CCn2nccn2)CC1)C1CCC1. The summed E-state index contributed by atoms with van der Waals surface area (Å²) in [6, 6.07) is 0.377. The summed E-state index contributed by atoms with van der Waals surface area (Å²) in [7, 11) is 0. The van der Waals surface area contributed by atoms with Gasteiger partial charge >= 0.3 is 0 Å². The number of amides is 1. The van der Waals surface area contributed by atoms with Crippen LogP contribution < -0.4 is 5.32 Å². The Morgan fingerprint density at radius 1 is 1.10 bits per heavy atom. The molecule has 0 radical (unpaired) electrons. The molecule has 0 atom stereocenters. The fourth-order valence-corrected chi connectivity index (χ4v) is 2.88. The minimum atomic E-state index is 0.287. The normalized spacial score (nSPS) is 21.6. The standard InChI is InChI=1S/C14H23N5O/c20-14(12-2-1-3-12)17-13-4-8-18(9-5-13)10-11-19-15-6-7-16-19/h6-7,12-13H,1-5,8-11H2,(H,17,20). The molecule has 1 saturated carbocycles. The van der Waals surface area contributed by atoms with Crippen molar-refractivity contribution < 1.29 is 4.79 Å². The molecule has 0 bridgehead atoms. The van der Waals surface area contributed by atoms with Crippen molar-refractivity contribution in [3.8, 4) is 0 Å². The van der Waals surface area contributed by atoms with Crippen LogP contribution in [-0.2, 0) is 11.3 Å². The molecule has 1 aromatic heterocycles. The van der Waals surface area contributed by atoms with Crippen molar-refractivity contribution >= 4 is 5.91 Å². The van der Waals surface area contributed by atoms with Crippen LogP contribution in [0.25, 0.3) is 0 Å². The van der Waals surface area contributed by atoms with E-state index in [4.69, 9.17) is 0 Å². The lowest BCUT2D eigenvalue weighted by Crippen LogP contribution is -2.47. The quantitative estimate of drug-likeness (QED) is 0.859. The van der Waals surface area contributed by atoms with E-state index in [0.717, 1.165) is 51.9 Å². The van der Waals surface area contributed by atoms with E-state index < -0.39 is 0 Å². The molecular formula is C14H23N5O. The Bertz CT molecular complexity index is 421. The molecule has 0 unspecified atom stereocenters. The third kappa shape index (κ3) is 3.36. The largest absolute Gasteiger partial charge is 0.353 e. The van der Waals surface area contributed by atoms with Gasteiger partial charge in [0.25, 0.3) is 0 Å². The lowest BCUT2D eigenvalue weighted by atomic mass is 9.84. The van der Waals surface area contributed by atoms with Gasteiger partial charge in [-0.3, -0.25) is 4.79 Å². The number of likely N-dealkylation sites (tertiary alicyclic amines) is 1. The smallest absolute Gasteiger partial charge is 0.223 e. The minimum Gasteiger partial charge on any atom is -0.353 e. The van der Waals surface area contributed by atoms with Crippen molar-refractivity contribution in [1.29, 1.82) is 0 Å².